The predicted octanol–water partition coefficient (Wildman–Crippen LogP) is 2.78. The zero-order valence-electron chi connectivity index (χ0n) is 11.1. The normalized spacial score (nSPS) is 11.9. The lowest BCUT2D eigenvalue weighted by Gasteiger charge is -2.21. The van der Waals surface area contributed by atoms with Gasteiger partial charge in [0.1, 0.15) is 0 Å². The van der Waals surface area contributed by atoms with Gasteiger partial charge in [-0.1, -0.05) is 24.3 Å². The molecule has 0 aliphatic carbocycles. The molecule has 0 heterocycles. The molecule has 0 aliphatic rings. The molecule has 0 saturated heterocycles. The molecular weight excluding hydrogens is 226 g/mol. The number of carbonyl (C=O) groups excluding carboxylic acids is 1. The minimum atomic E-state index is -0.668. The smallest absolute Gasteiger partial charge is 0.254 e. The van der Waals surface area contributed by atoms with Crippen LogP contribution in [0, 0.1) is 0 Å². The molecule has 1 amide bonds. The topological polar surface area (TPSA) is 40.5 Å². The van der Waals surface area contributed by atoms with Crippen LogP contribution in [0.3, 0.4) is 0 Å². The summed E-state index contributed by atoms with van der Waals surface area (Å²) in [7, 11) is 0. The fraction of sp³-hybridized carbons (Fsp3) is 0.400. The third kappa shape index (κ3) is 3.20. The van der Waals surface area contributed by atoms with E-state index in [1.807, 2.05) is 26.0 Å². The average Bonchev–Trinajstić information content (AvgIpc) is 2.40. The molecule has 1 atom stereocenters. The number of aliphatic hydroxyl groups is 1. The molecule has 0 bridgehead atoms. The van der Waals surface area contributed by atoms with Gasteiger partial charge >= 0.3 is 0 Å². The van der Waals surface area contributed by atoms with Crippen molar-refractivity contribution in [3.05, 3.63) is 48.0 Å². The average molecular weight is 247 g/mol. The molecule has 98 valence electrons. The van der Waals surface area contributed by atoms with Gasteiger partial charge in [0.2, 0.25) is 0 Å². The molecular formula is C15H21NO2. The maximum Gasteiger partial charge on any atom is 0.254 e. The first-order valence-electron chi connectivity index (χ1n) is 6.32. The number of carbonyl (C=O) groups is 1. The van der Waals surface area contributed by atoms with E-state index in [0.717, 1.165) is 0 Å². The third-order valence-electron chi connectivity index (χ3n) is 2.99. The van der Waals surface area contributed by atoms with E-state index in [1.54, 1.807) is 23.1 Å². The molecule has 0 saturated carbocycles. The van der Waals surface area contributed by atoms with E-state index in [4.69, 9.17) is 0 Å². The number of aliphatic hydroxyl groups excluding tert-OH is 1. The minimum Gasteiger partial charge on any atom is -0.388 e. The zero-order valence-corrected chi connectivity index (χ0v) is 11.1. The Hall–Kier alpha value is -1.61. The van der Waals surface area contributed by atoms with E-state index >= 15 is 0 Å². The fourth-order valence-electron chi connectivity index (χ4n) is 1.95. The Morgan fingerprint density at radius 1 is 1.39 bits per heavy atom. The Morgan fingerprint density at radius 3 is 2.56 bits per heavy atom. The van der Waals surface area contributed by atoms with Crippen molar-refractivity contribution in [2.75, 3.05) is 13.1 Å². The molecule has 0 spiro atoms. The van der Waals surface area contributed by atoms with Gasteiger partial charge in [0.15, 0.2) is 0 Å². The van der Waals surface area contributed by atoms with E-state index in [0.29, 0.717) is 30.6 Å². The second-order valence-corrected chi connectivity index (χ2v) is 4.10. The van der Waals surface area contributed by atoms with Gasteiger partial charge in [0, 0.05) is 18.7 Å². The fourth-order valence-corrected chi connectivity index (χ4v) is 1.95. The molecule has 1 aromatic rings. The molecule has 0 radical (unpaired) electrons. The molecule has 3 nitrogen and oxygen atoms in total. The minimum absolute atomic E-state index is 0.0290. The van der Waals surface area contributed by atoms with Gasteiger partial charge < -0.3 is 10.0 Å². The first-order valence-corrected chi connectivity index (χ1v) is 6.32. The Morgan fingerprint density at radius 2 is 2.00 bits per heavy atom. The summed E-state index contributed by atoms with van der Waals surface area (Å²) in [5.74, 6) is -0.0290. The summed E-state index contributed by atoms with van der Waals surface area (Å²) < 4.78 is 0. The van der Waals surface area contributed by atoms with E-state index in [9.17, 15) is 9.90 Å². The summed E-state index contributed by atoms with van der Waals surface area (Å²) >= 11 is 0. The van der Waals surface area contributed by atoms with Gasteiger partial charge in [-0.3, -0.25) is 4.79 Å². The van der Waals surface area contributed by atoms with Gasteiger partial charge in [-0.05, 0) is 31.9 Å². The molecule has 1 N–H and O–H groups in total. The standard InChI is InChI=1S/C15H21NO2/c1-4-9-14(17)12-10-7-8-11-13(12)15(18)16(5-2)6-3/h4,7-8,10-11,14,17H,1,5-6,9H2,2-3H3. The number of amides is 1. The van der Waals surface area contributed by atoms with Crippen molar-refractivity contribution in [2.24, 2.45) is 0 Å². The molecule has 0 fully saturated rings. The second-order valence-electron chi connectivity index (χ2n) is 4.10. The third-order valence-corrected chi connectivity index (χ3v) is 2.99. The van der Waals surface area contributed by atoms with Crippen LogP contribution in [0.1, 0.15) is 42.3 Å². The van der Waals surface area contributed by atoms with Crippen LogP contribution in [0.25, 0.3) is 0 Å². The Bertz CT molecular complexity index is 411. The molecule has 18 heavy (non-hydrogen) atoms. The maximum atomic E-state index is 12.3. The van der Waals surface area contributed by atoms with Crippen molar-refractivity contribution in [3.63, 3.8) is 0 Å². The SMILES string of the molecule is C=CCC(O)c1ccccc1C(=O)N(CC)CC. The quantitative estimate of drug-likeness (QED) is 0.785. The number of rotatable bonds is 6. The monoisotopic (exact) mass is 247 g/mol. The van der Waals surface area contributed by atoms with Gasteiger partial charge in [-0.25, -0.2) is 0 Å². The number of hydrogen-bond acceptors (Lipinski definition) is 2. The number of hydrogen-bond donors (Lipinski definition) is 1. The summed E-state index contributed by atoms with van der Waals surface area (Å²) in [5.41, 5.74) is 1.25. The predicted molar refractivity (Wildman–Crippen MR) is 73.5 cm³/mol. The highest BCUT2D eigenvalue weighted by Gasteiger charge is 2.19. The first-order chi connectivity index (χ1) is 8.65. The molecule has 3 heteroatoms. The van der Waals surface area contributed by atoms with Gasteiger partial charge in [-0.15, -0.1) is 6.58 Å². The Labute approximate surface area is 109 Å². The number of nitrogens with zero attached hydrogens (tertiary/aromatic N) is 1. The molecule has 1 aromatic carbocycles. The molecule has 0 aromatic heterocycles. The van der Waals surface area contributed by atoms with E-state index in [1.165, 1.54) is 0 Å². The lowest BCUT2D eigenvalue weighted by molar-refractivity contribution is 0.0765. The maximum absolute atomic E-state index is 12.3. The molecule has 0 aliphatic heterocycles. The summed E-state index contributed by atoms with van der Waals surface area (Å²) in [5, 5.41) is 10.0. The van der Waals surface area contributed by atoms with E-state index in [2.05, 4.69) is 6.58 Å². The van der Waals surface area contributed by atoms with Crippen LogP contribution in [0.5, 0.6) is 0 Å². The Kier molecular flexibility index (Phi) is 5.59. The van der Waals surface area contributed by atoms with Crippen molar-refractivity contribution in [1.29, 1.82) is 0 Å². The first kappa shape index (κ1) is 14.5. The van der Waals surface area contributed by atoms with E-state index < -0.39 is 6.10 Å². The van der Waals surface area contributed by atoms with Gasteiger partial charge in [0.05, 0.1) is 6.10 Å². The van der Waals surface area contributed by atoms with Gasteiger partial charge in [0.25, 0.3) is 5.91 Å². The molecule has 1 unspecified atom stereocenters. The van der Waals surface area contributed by atoms with Crippen LogP contribution >= 0.6 is 0 Å². The largest absolute Gasteiger partial charge is 0.388 e. The van der Waals surface area contributed by atoms with Crippen LogP contribution in [-0.2, 0) is 0 Å². The Balaban J connectivity index is 3.08. The van der Waals surface area contributed by atoms with Gasteiger partial charge in [-0.2, -0.15) is 0 Å². The van der Waals surface area contributed by atoms with Crippen LogP contribution in [0.4, 0.5) is 0 Å². The van der Waals surface area contributed by atoms with Crippen LogP contribution in [-0.4, -0.2) is 29.0 Å². The van der Waals surface area contributed by atoms with Crippen LogP contribution < -0.4 is 0 Å². The highest BCUT2D eigenvalue weighted by atomic mass is 16.3. The summed E-state index contributed by atoms with van der Waals surface area (Å²) in [6.07, 6.45) is 1.43. The summed E-state index contributed by atoms with van der Waals surface area (Å²) in [6, 6.07) is 7.22. The number of benzene rings is 1. The zero-order chi connectivity index (χ0) is 13.5. The molecule has 1 rings (SSSR count). The highest BCUT2D eigenvalue weighted by molar-refractivity contribution is 5.95. The van der Waals surface area contributed by atoms with Crippen LogP contribution in [0.2, 0.25) is 0 Å². The second kappa shape index (κ2) is 6.97. The lowest BCUT2D eigenvalue weighted by Crippen LogP contribution is -2.31. The van der Waals surface area contributed by atoms with E-state index in [-0.39, 0.29) is 5.91 Å². The highest BCUT2D eigenvalue weighted by Crippen LogP contribution is 2.22. The summed E-state index contributed by atoms with van der Waals surface area (Å²) in [6.45, 7) is 8.85. The van der Waals surface area contributed by atoms with Crippen molar-refractivity contribution in [3.8, 4) is 0 Å². The van der Waals surface area contributed by atoms with Crippen LogP contribution in [0.15, 0.2) is 36.9 Å². The summed E-state index contributed by atoms with van der Waals surface area (Å²) in [4.78, 5) is 14.1. The van der Waals surface area contributed by atoms with Crippen molar-refractivity contribution >= 4 is 5.91 Å². The van der Waals surface area contributed by atoms with Crippen molar-refractivity contribution < 1.29 is 9.90 Å². The van der Waals surface area contributed by atoms with Crippen molar-refractivity contribution in [1.82, 2.24) is 4.90 Å². The van der Waals surface area contributed by atoms with Crippen molar-refractivity contribution in [2.45, 2.75) is 26.4 Å². The lowest BCUT2D eigenvalue weighted by atomic mass is 9.99.